The SMILES string of the molecule is CC1CCN(C(N)=NCCc2ccc(Br)s2)CC1. The molecule has 3 nitrogen and oxygen atoms in total. The minimum absolute atomic E-state index is 0.720. The number of nitrogens with zero attached hydrogens (tertiary/aromatic N) is 2. The van der Waals surface area contributed by atoms with Crippen LogP contribution in [0, 0.1) is 5.92 Å². The molecule has 0 atom stereocenters. The van der Waals surface area contributed by atoms with Crippen LogP contribution in [0.4, 0.5) is 0 Å². The van der Waals surface area contributed by atoms with Gasteiger partial charge in [0.1, 0.15) is 0 Å². The second-order valence-corrected chi connectivity index (χ2v) is 7.41. The molecule has 2 N–H and O–H groups in total. The third-order valence-electron chi connectivity index (χ3n) is 3.37. The Hall–Kier alpha value is -0.550. The zero-order valence-electron chi connectivity index (χ0n) is 10.7. The van der Waals surface area contributed by atoms with Gasteiger partial charge >= 0.3 is 0 Å². The Morgan fingerprint density at radius 1 is 1.50 bits per heavy atom. The number of hydrogen-bond donors (Lipinski definition) is 1. The molecule has 0 saturated carbocycles. The Balaban J connectivity index is 1.78. The Morgan fingerprint density at radius 2 is 2.22 bits per heavy atom. The number of likely N-dealkylation sites (tertiary alicyclic amines) is 1. The van der Waals surface area contributed by atoms with Crippen LogP contribution in [0.2, 0.25) is 0 Å². The predicted molar refractivity (Wildman–Crippen MR) is 82.2 cm³/mol. The summed E-state index contributed by atoms with van der Waals surface area (Å²) in [6.07, 6.45) is 3.43. The fourth-order valence-electron chi connectivity index (χ4n) is 2.10. The van der Waals surface area contributed by atoms with Crippen molar-refractivity contribution in [3.63, 3.8) is 0 Å². The fourth-order valence-corrected chi connectivity index (χ4v) is 3.58. The molecule has 1 aromatic heterocycles. The largest absolute Gasteiger partial charge is 0.370 e. The summed E-state index contributed by atoms with van der Waals surface area (Å²) in [4.78, 5) is 8.05. The van der Waals surface area contributed by atoms with Crippen LogP contribution < -0.4 is 5.73 Å². The van der Waals surface area contributed by atoms with Gasteiger partial charge < -0.3 is 10.6 Å². The maximum absolute atomic E-state index is 6.03. The predicted octanol–water partition coefficient (Wildman–Crippen LogP) is 3.10. The maximum atomic E-state index is 6.03. The van der Waals surface area contributed by atoms with Crippen LogP contribution in [-0.2, 0) is 6.42 Å². The van der Waals surface area contributed by atoms with E-state index in [9.17, 15) is 0 Å². The topological polar surface area (TPSA) is 41.6 Å². The summed E-state index contributed by atoms with van der Waals surface area (Å²) in [5.41, 5.74) is 6.03. The normalized spacial score (nSPS) is 18.3. The molecule has 0 unspecified atom stereocenters. The van der Waals surface area contributed by atoms with Gasteiger partial charge in [-0.3, -0.25) is 4.99 Å². The molecule has 1 fully saturated rings. The second-order valence-electron chi connectivity index (χ2n) is 4.87. The molecule has 0 bridgehead atoms. The highest BCUT2D eigenvalue weighted by atomic mass is 79.9. The van der Waals surface area contributed by atoms with Crippen molar-refractivity contribution in [1.29, 1.82) is 0 Å². The van der Waals surface area contributed by atoms with Gasteiger partial charge in [0.2, 0.25) is 0 Å². The standard InChI is InChI=1S/C13H20BrN3S/c1-10-5-8-17(9-6-10)13(15)16-7-4-11-2-3-12(14)18-11/h2-3,10H,4-9H2,1H3,(H2,15,16). The van der Waals surface area contributed by atoms with Gasteiger partial charge in [-0.2, -0.15) is 0 Å². The van der Waals surface area contributed by atoms with Crippen molar-refractivity contribution in [3.05, 3.63) is 20.8 Å². The number of halogens is 1. The molecule has 100 valence electrons. The first-order valence-electron chi connectivity index (χ1n) is 6.44. The molecular weight excluding hydrogens is 310 g/mol. The third kappa shape index (κ3) is 3.99. The van der Waals surface area contributed by atoms with E-state index >= 15 is 0 Å². The summed E-state index contributed by atoms with van der Waals surface area (Å²) in [6.45, 7) is 5.20. The van der Waals surface area contributed by atoms with Gasteiger partial charge in [-0.25, -0.2) is 0 Å². The maximum Gasteiger partial charge on any atom is 0.191 e. The smallest absolute Gasteiger partial charge is 0.191 e. The Bertz CT molecular complexity index is 408. The van der Waals surface area contributed by atoms with Crippen molar-refractivity contribution >= 4 is 33.2 Å². The van der Waals surface area contributed by atoms with Crippen molar-refractivity contribution in [1.82, 2.24) is 4.90 Å². The van der Waals surface area contributed by atoms with Gasteiger partial charge in [0.25, 0.3) is 0 Å². The lowest BCUT2D eigenvalue weighted by Gasteiger charge is -2.31. The monoisotopic (exact) mass is 329 g/mol. The van der Waals surface area contributed by atoms with Crippen molar-refractivity contribution in [3.8, 4) is 0 Å². The summed E-state index contributed by atoms with van der Waals surface area (Å²) < 4.78 is 1.18. The van der Waals surface area contributed by atoms with Crippen LogP contribution in [-0.4, -0.2) is 30.5 Å². The first kappa shape index (κ1) is 13.9. The summed E-state index contributed by atoms with van der Waals surface area (Å²) in [6, 6.07) is 4.22. The van der Waals surface area contributed by atoms with E-state index in [1.54, 1.807) is 11.3 Å². The van der Waals surface area contributed by atoms with Crippen molar-refractivity contribution in [2.24, 2.45) is 16.6 Å². The number of piperidine rings is 1. The van der Waals surface area contributed by atoms with Crippen LogP contribution in [0.25, 0.3) is 0 Å². The Morgan fingerprint density at radius 3 is 2.83 bits per heavy atom. The quantitative estimate of drug-likeness (QED) is 0.683. The van der Waals surface area contributed by atoms with E-state index in [-0.39, 0.29) is 0 Å². The summed E-state index contributed by atoms with van der Waals surface area (Å²) in [5.74, 6) is 1.55. The minimum atomic E-state index is 0.720. The molecule has 1 aromatic rings. The average molecular weight is 330 g/mol. The molecule has 1 aliphatic heterocycles. The molecule has 0 aromatic carbocycles. The highest BCUT2D eigenvalue weighted by Crippen LogP contribution is 2.22. The molecule has 0 aliphatic carbocycles. The van der Waals surface area contributed by atoms with E-state index in [0.717, 1.165) is 37.9 Å². The Labute approximate surface area is 121 Å². The third-order valence-corrected chi connectivity index (χ3v) is 5.05. The molecule has 0 spiro atoms. The van der Waals surface area contributed by atoms with Crippen LogP contribution in [0.5, 0.6) is 0 Å². The zero-order chi connectivity index (χ0) is 13.0. The van der Waals surface area contributed by atoms with E-state index in [1.807, 2.05) is 0 Å². The van der Waals surface area contributed by atoms with Crippen LogP contribution in [0.1, 0.15) is 24.6 Å². The van der Waals surface area contributed by atoms with Crippen LogP contribution in [0.15, 0.2) is 20.9 Å². The number of nitrogens with two attached hydrogens (primary N) is 1. The molecular formula is C13H20BrN3S. The van der Waals surface area contributed by atoms with Gasteiger partial charge in [-0.1, -0.05) is 6.92 Å². The molecule has 1 saturated heterocycles. The van der Waals surface area contributed by atoms with Crippen LogP contribution >= 0.6 is 27.3 Å². The highest BCUT2D eigenvalue weighted by Gasteiger charge is 2.16. The number of thiophene rings is 1. The summed E-state index contributed by atoms with van der Waals surface area (Å²) in [7, 11) is 0. The first-order chi connectivity index (χ1) is 8.65. The lowest BCUT2D eigenvalue weighted by molar-refractivity contribution is 0.277. The van der Waals surface area contributed by atoms with E-state index in [2.05, 4.69) is 44.9 Å². The minimum Gasteiger partial charge on any atom is -0.370 e. The van der Waals surface area contributed by atoms with Crippen molar-refractivity contribution in [2.75, 3.05) is 19.6 Å². The van der Waals surface area contributed by atoms with Gasteiger partial charge in [0.15, 0.2) is 5.96 Å². The van der Waals surface area contributed by atoms with E-state index < -0.39 is 0 Å². The van der Waals surface area contributed by atoms with Gasteiger partial charge in [-0.15, -0.1) is 11.3 Å². The fraction of sp³-hybridized carbons (Fsp3) is 0.615. The average Bonchev–Trinajstić information content (AvgIpc) is 2.76. The number of aliphatic imine (C=N–C) groups is 1. The molecule has 0 radical (unpaired) electrons. The van der Waals surface area contributed by atoms with Gasteiger partial charge in [0, 0.05) is 30.9 Å². The number of hydrogen-bond acceptors (Lipinski definition) is 2. The van der Waals surface area contributed by atoms with E-state index in [0.29, 0.717) is 0 Å². The van der Waals surface area contributed by atoms with Gasteiger partial charge in [-0.05, 0) is 46.8 Å². The molecule has 0 amide bonds. The molecule has 2 rings (SSSR count). The zero-order valence-corrected chi connectivity index (χ0v) is 13.1. The van der Waals surface area contributed by atoms with E-state index in [1.165, 1.54) is 21.5 Å². The summed E-state index contributed by atoms with van der Waals surface area (Å²) in [5, 5.41) is 0. The second kappa shape index (κ2) is 6.57. The first-order valence-corrected chi connectivity index (χ1v) is 8.05. The molecule has 5 heteroatoms. The highest BCUT2D eigenvalue weighted by molar-refractivity contribution is 9.11. The lowest BCUT2D eigenvalue weighted by atomic mass is 10.00. The summed E-state index contributed by atoms with van der Waals surface area (Å²) >= 11 is 5.24. The molecule has 1 aliphatic rings. The number of rotatable bonds is 3. The molecule has 2 heterocycles. The van der Waals surface area contributed by atoms with E-state index in [4.69, 9.17) is 5.73 Å². The van der Waals surface area contributed by atoms with Crippen molar-refractivity contribution in [2.45, 2.75) is 26.2 Å². The Kier molecular flexibility index (Phi) is 5.06. The van der Waals surface area contributed by atoms with Crippen molar-refractivity contribution < 1.29 is 0 Å². The van der Waals surface area contributed by atoms with Gasteiger partial charge in [0.05, 0.1) is 3.79 Å². The van der Waals surface area contributed by atoms with Crippen LogP contribution in [0.3, 0.4) is 0 Å². The lowest BCUT2D eigenvalue weighted by Crippen LogP contribution is -2.42. The molecule has 18 heavy (non-hydrogen) atoms. The number of guanidine groups is 1.